The summed E-state index contributed by atoms with van der Waals surface area (Å²) in [7, 11) is 0. The lowest BCUT2D eigenvalue weighted by atomic mass is 10.2. The zero-order valence-electron chi connectivity index (χ0n) is 13.1. The molecule has 1 aromatic heterocycles. The molecule has 0 spiro atoms. The number of nitrogens with one attached hydrogen (secondary N) is 1. The van der Waals surface area contributed by atoms with Gasteiger partial charge in [0.2, 0.25) is 5.91 Å². The number of ether oxygens (including phenoxy) is 2. The van der Waals surface area contributed by atoms with Gasteiger partial charge in [-0.2, -0.15) is 13.2 Å². The fourth-order valence-corrected chi connectivity index (χ4v) is 3.18. The van der Waals surface area contributed by atoms with Crippen LogP contribution in [0.3, 0.4) is 0 Å². The van der Waals surface area contributed by atoms with E-state index in [1.807, 2.05) is 0 Å². The number of alkyl halides is 3. The Balaban J connectivity index is 1.59. The number of nitrogens with zero attached hydrogens (tertiary/aromatic N) is 1. The zero-order valence-corrected chi connectivity index (χ0v) is 15.5. The number of halogens is 4. The van der Waals surface area contributed by atoms with Gasteiger partial charge < -0.3 is 14.8 Å². The van der Waals surface area contributed by atoms with Crippen LogP contribution in [0, 0.1) is 0 Å². The maximum atomic E-state index is 12.5. The molecule has 0 atom stereocenters. The molecule has 2 heterocycles. The molecule has 5 nitrogen and oxygen atoms in total. The minimum Gasteiger partial charge on any atom is -0.486 e. The van der Waals surface area contributed by atoms with Crippen LogP contribution in [0.1, 0.15) is 5.56 Å². The van der Waals surface area contributed by atoms with E-state index in [1.165, 1.54) is 6.07 Å². The summed E-state index contributed by atoms with van der Waals surface area (Å²) in [6.07, 6.45) is -3.68. The molecular formula is C16H12BrF3N2O3S. The number of carbonyl (C=O) groups excluding carboxylic acids is 1. The standard InChI is InChI=1S/C16H12BrF3N2O3S/c17-10-5-12-13(25-4-3-24-12)6-11(10)22-14(23)8-26-15-2-1-9(7-21-15)16(18,19)20/h1-2,5-7H,3-4,8H2,(H,22,23). The molecule has 1 N–H and O–H groups in total. The molecule has 0 unspecified atom stereocenters. The normalized spacial score (nSPS) is 13.4. The summed E-state index contributed by atoms with van der Waals surface area (Å²) >= 11 is 4.39. The number of benzene rings is 1. The van der Waals surface area contributed by atoms with Gasteiger partial charge in [0.15, 0.2) is 11.5 Å². The van der Waals surface area contributed by atoms with Gasteiger partial charge in [-0.1, -0.05) is 11.8 Å². The molecule has 1 aliphatic rings. The van der Waals surface area contributed by atoms with E-state index in [1.54, 1.807) is 12.1 Å². The van der Waals surface area contributed by atoms with E-state index >= 15 is 0 Å². The zero-order chi connectivity index (χ0) is 18.7. The van der Waals surface area contributed by atoms with Gasteiger partial charge in [-0.3, -0.25) is 4.79 Å². The van der Waals surface area contributed by atoms with Gasteiger partial charge in [-0.05, 0) is 28.1 Å². The summed E-state index contributed by atoms with van der Waals surface area (Å²) in [4.78, 5) is 15.8. The maximum Gasteiger partial charge on any atom is 0.417 e. The molecule has 0 saturated heterocycles. The Morgan fingerprint density at radius 2 is 1.92 bits per heavy atom. The molecule has 0 fully saturated rings. The first-order valence-corrected chi connectivity index (χ1v) is 9.16. The molecule has 0 saturated carbocycles. The third-order valence-corrected chi connectivity index (χ3v) is 4.92. The van der Waals surface area contributed by atoms with E-state index in [4.69, 9.17) is 9.47 Å². The molecule has 3 rings (SSSR count). The largest absolute Gasteiger partial charge is 0.486 e. The number of anilines is 1. The average Bonchev–Trinajstić information content (AvgIpc) is 2.60. The van der Waals surface area contributed by atoms with Gasteiger partial charge in [0.05, 0.1) is 22.0 Å². The van der Waals surface area contributed by atoms with Crippen molar-refractivity contribution < 1.29 is 27.4 Å². The lowest BCUT2D eigenvalue weighted by Gasteiger charge is -2.20. The number of fused-ring (bicyclic) bond motifs is 1. The summed E-state index contributed by atoms with van der Waals surface area (Å²) in [6.45, 7) is 0.888. The van der Waals surface area contributed by atoms with Crippen molar-refractivity contribution in [3.8, 4) is 11.5 Å². The van der Waals surface area contributed by atoms with Crippen molar-refractivity contribution >= 4 is 39.3 Å². The highest BCUT2D eigenvalue weighted by atomic mass is 79.9. The van der Waals surface area contributed by atoms with Crippen LogP contribution < -0.4 is 14.8 Å². The Bertz CT molecular complexity index is 816. The van der Waals surface area contributed by atoms with Crippen molar-refractivity contribution in [1.82, 2.24) is 4.98 Å². The van der Waals surface area contributed by atoms with Gasteiger partial charge >= 0.3 is 6.18 Å². The maximum absolute atomic E-state index is 12.5. The third kappa shape index (κ3) is 4.61. The number of hydrogen-bond donors (Lipinski definition) is 1. The van der Waals surface area contributed by atoms with Crippen molar-refractivity contribution in [3.63, 3.8) is 0 Å². The number of aromatic nitrogens is 1. The molecular weight excluding hydrogens is 437 g/mol. The second-order valence-electron chi connectivity index (χ2n) is 5.20. The second kappa shape index (κ2) is 7.75. The van der Waals surface area contributed by atoms with Gasteiger partial charge in [0.25, 0.3) is 0 Å². The minimum atomic E-state index is -4.43. The van der Waals surface area contributed by atoms with Crippen molar-refractivity contribution in [2.45, 2.75) is 11.2 Å². The van der Waals surface area contributed by atoms with Crippen molar-refractivity contribution in [2.24, 2.45) is 0 Å². The summed E-state index contributed by atoms with van der Waals surface area (Å²) in [5, 5.41) is 3.04. The summed E-state index contributed by atoms with van der Waals surface area (Å²) < 4.78 is 49.0. The van der Waals surface area contributed by atoms with Gasteiger partial charge in [0, 0.05) is 22.8 Å². The van der Waals surface area contributed by atoms with Crippen LogP contribution in [0.5, 0.6) is 11.5 Å². The molecule has 1 amide bonds. The predicted octanol–water partition coefficient (Wildman–Crippen LogP) is 4.36. The summed E-state index contributed by atoms with van der Waals surface area (Å²) in [6, 6.07) is 5.53. The van der Waals surface area contributed by atoms with Crippen LogP contribution in [-0.4, -0.2) is 29.9 Å². The number of amides is 1. The molecule has 2 aromatic rings. The topological polar surface area (TPSA) is 60.5 Å². The van der Waals surface area contributed by atoms with Crippen LogP contribution >= 0.6 is 27.7 Å². The Morgan fingerprint density at radius 3 is 2.54 bits per heavy atom. The number of rotatable bonds is 4. The van der Waals surface area contributed by atoms with E-state index in [9.17, 15) is 18.0 Å². The van der Waals surface area contributed by atoms with Gasteiger partial charge in [-0.25, -0.2) is 4.98 Å². The van der Waals surface area contributed by atoms with Gasteiger partial charge in [0.1, 0.15) is 13.2 Å². The minimum absolute atomic E-state index is 0.000748. The first kappa shape index (κ1) is 18.8. The summed E-state index contributed by atoms with van der Waals surface area (Å²) in [5.74, 6) is 0.796. The number of thioether (sulfide) groups is 1. The molecule has 1 aliphatic heterocycles. The van der Waals surface area contributed by atoms with Crippen LogP contribution in [0.4, 0.5) is 18.9 Å². The number of pyridine rings is 1. The summed E-state index contributed by atoms with van der Waals surface area (Å²) in [5.41, 5.74) is -0.313. The Labute approximate surface area is 159 Å². The van der Waals surface area contributed by atoms with Crippen LogP contribution in [-0.2, 0) is 11.0 Å². The lowest BCUT2D eigenvalue weighted by Crippen LogP contribution is -2.17. The highest BCUT2D eigenvalue weighted by Gasteiger charge is 2.30. The smallest absolute Gasteiger partial charge is 0.417 e. The number of carbonyl (C=O) groups is 1. The van der Waals surface area contributed by atoms with E-state index in [2.05, 4.69) is 26.2 Å². The molecule has 1 aromatic carbocycles. The molecule has 138 valence electrons. The quantitative estimate of drug-likeness (QED) is 0.703. The third-order valence-electron chi connectivity index (χ3n) is 3.32. The average molecular weight is 449 g/mol. The predicted molar refractivity (Wildman–Crippen MR) is 93.7 cm³/mol. The van der Waals surface area contributed by atoms with E-state index in [0.29, 0.717) is 39.9 Å². The first-order valence-electron chi connectivity index (χ1n) is 7.38. The second-order valence-corrected chi connectivity index (χ2v) is 7.05. The fourth-order valence-electron chi connectivity index (χ4n) is 2.12. The Kier molecular flexibility index (Phi) is 5.61. The monoisotopic (exact) mass is 448 g/mol. The van der Waals surface area contributed by atoms with Crippen LogP contribution in [0.2, 0.25) is 0 Å². The Hall–Kier alpha value is -1.94. The van der Waals surface area contributed by atoms with E-state index in [-0.39, 0.29) is 11.7 Å². The molecule has 26 heavy (non-hydrogen) atoms. The molecule has 0 bridgehead atoms. The fraction of sp³-hybridized carbons (Fsp3) is 0.250. The van der Waals surface area contributed by atoms with Gasteiger partial charge in [-0.15, -0.1) is 0 Å². The highest BCUT2D eigenvalue weighted by Crippen LogP contribution is 2.38. The Morgan fingerprint density at radius 1 is 1.23 bits per heavy atom. The molecule has 10 heteroatoms. The molecule has 0 radical (unpaired) electrons. The van der Waals surface area contributed by atoms with Crippen molar-refractivity contribution in [1.29, 1.82) is 0 Å². The lowest BCUT2D eigenvalue weighted by molar-refractivity contribution is -0.137. The highest BCUT2D eigenvalue weighted by molar-refractivity contribution is 9.10. The SMILES string of the molecule is O=C(CSc1ccc(C(F)(F)F)cn1)Nc1cc2c(cc1Br)OCCO2. The first-order chi connectivity index (χ1) is 12.3. The van der Waals surface area contributed by atoms with Crippen molar-refractivity contribution in [2.75, 3.05) is 24.3 Å². The van der Waals surface area contributed by atoms with E-state index in [0.717, 1.165) is 24.0 Å². The molecule has 0 aliphatic carbocycles. The number of hydrogen-bond acceptors (Lipinski definition) is 5. The van der Waals surface area contributed by atoms with Crippen LogP contribution in [0.25, 0.3) is 0 Å². The van der Waals surface area contributed by atoms with E-state index < -0.39 is 11.7 Å². The van der Waals surface area contributed by atoms with Crippen molar-refractivity contribution in [3.05, 3.63) is 40.5 Å². The van der Waals surface area contributed by atoms with Crippen LogP contribution in [0.15, 0.2) is 40.0 Å².